The van der Waals surface area contributed by atoms with E-state index in [4.69, 9.17) is 4.74 Å². The molecular weight excluding hydrogens is 288 g/mol. The second-order valence-corrected chi connectivity index (χ2v) is 7.04. The highest BCUT2D eigenvalue weighted by Crippen LogP contribution is 2.54. The molecule has 2 atom stereocenters. The molecule has 2 aliphatic carbocycles. The Kier molecular flexibility index (Phi) is 3.09. The summed E-state index contributed by atoms with van der Waals surface area (Å²) in [6.07, 6.45) is 3.57. The van der Waals surface area contributed by atoms with E-state index in [0.29, 0.717) is 23.9 Å². The zero-order chi connectivity index (χ0) is 16.2. The van der Waals surface area contributed by atoms with E-state index >= 15 is 0 Å². The molecule has 118 valence electrons. The molecule has 3 heteroatoms. The number of hydrogen-bond donors (Lipinski definition) is 0. The molecule has 0 heterocycles. The third-order valence-electron chi connectivity index (χ3n) is 5.74. The van der Waals surface area contributed by atoms with Crippen molar-refractivity contribution in [2.24, 2.45) is 5.41 Å². The maximum absolute atomic E-state index is 12.3. The lowest BCUT2D eigenvalue weighted by Gasteiger charge is -2.37. The summed E-state index contributed by atoms with van der Waals surface area (Å²) in [5, 5.41) is 2.32. The second kappa shape index (κ2) is 4.92. The fourth-order valence-electron chi connectivity index (χ4n) is 4.50. The van der Waals surface area contributed by atoms with Crippen molar-refractivity contribution in [2.45, 2.75) is 45.4 Å². The number of carbonyl (C=O) groups is 2. The van der Waals surface area contributed by atoms with Crippen molar-refractivity contribution >= 4 is 22.5 Å². The van der Waals surface area contributed by atoms with Gasteiger partial charge in [0.05, 0.1) is 0 Å². The number of ether oxygens (including phenoxy) is 1. The Labute approximate surface area is 135 Å². The van der Waals surface area contributed by atoms with Gasteiger partial charge in [0.2, 0.25) is 0 Å². The van der Waals surface area contributed by atoms with Crippen LogP contribution >= 0.6 is 0 Å². The number of esters is 1. The Morgan fingerprint density at radius 2 is 2.04 bits per heavy atom. The van der Waals surface area contributed by atoms with Gasteiger partial charge >= 0.3 is 5.97 Å². The van der Waals surface area contributed by atoms with E-state index in [2.05, 4.69) is 19.1 Å². The average molecular weight is 308 g/mol. The van der Waals surface area contributed by atoms with E-state index in [-0.39, 0.29) is 11.4 Å². The van der Waals surface area contributed by atoms with Crippen molar-refractivity contribution in [3.8, 4) is 5.75 Å². The average Bonchev–Trinajstić information content (AvgIpc) is 2.82. The number of fused-ring (bicyclic) bond motifs is 5. The van der Waals surface area contributed by atoms with Gasteiger partial charge in [-0.1, -0.05) is 25.1 Å². The highest BCUT2D eigenvalue weighted by molar-refractivity contribution is 5.92. The first-order chi connectivity index (χ1) is 11.0. The number of ketones is 1. The van der Waals surface area contributed by atoms with Crippen molar-refractivity contribution in [1.82, 2.24) is 0 Å². The maximum Gasteiger partial charge on any atom is 0.308 e. The van der Waals surface area contributed by atoms with Crippen molar-refractivity contribution in [2.75, 3.05) is 0 Å². The highest BCUT2D eigenvalue weighted by atomic mass is 16.5. The Morgan fingerprint density at radius 3 is 2.83 bits per heavy atom. The summed E-state index contributed by atoms with van der Waals surface area (Å²) >= 11 is 0. The van der Waals surface area contributed by atoms with Crippen LogP contribution < -0.4 is 4.74 Å². The SMILES string of the molecule is CC(=O)Oc1ccc2c3c(ccc2c1)[C@@H]1CCC(=O)[C@@]1(C)CC3. The number of hydrogen-bond acceptors (Lipinski definition) is 3. The van der Waals surface area contributed by atoms with Crippen LogP contribution in [0.2, 0.25) is 0 Å². The summed E-state index contributed by atoms with van der Waals surface area (Å²) in [7, 11) is 0. The summed E-state index contributed by atoms with van der Waals surface area (Å²) in [5.41, 5.74) is 2.55. The molecule has 0 radical (unpaired) electrons. The van der Waals surface area contributed by atoms with Gasteiger partial charge in [-0.25, -0.2) is 0 Å². The van der Waals surface area contributed by atoms with Crippen molar-refractivity contribution in [1.29, 1.82) is 0 Å². The summed E-state index contributed by atoms with van der Waals surface area (Å²) < 4.78 is 5.18. The largest absolute Gasteiger partial charge is 0.427 e. The first-order valence-electron chi connectivity index (χ1n) is 8.26. The Bertz CT molecular complexity index is 836. The molecule has 2 aromatic carbocycles. The van der Waals surface area contributed by atoms with Gasteiger partial charge in [0.15, 0.2) is 0 Å². The third kappa shape index (κ3) is 2.10. The maximum atomic E-state index is 12.3. The van der Waals surface area contributed by atoms with Gasteiger partial charge in [0, 0.05) is 18.8 Å². The molecule has 0 unspecified atom stereocenters. The van der Waals surface area contributed by atoms with Crippen LogP contribution in [0.3, 0.4) is 0 Å². The molecule has 4 rings (SSSR count). The lowest BCUT2D eigenvalue weighted by Crippen LogP contribution is -2.32. The predicted octanol–water partition coefficient (Wildman–Crippen LogP) is 4.16. The number of benzene rings is 2. The van der Waals surface area contributed by atoms with Crippen LogP contribution in [-0.4, -0.2) is 11.8 Å². The van der Waals surface area contributed by atoms with E-state index in [1.807, 2.05) is 18.2 Å². The molecule has 0 amide bonds. The summed E-state index contributed by atoms with van der Waals surface area (Å²) in [6.45, 7) is 3.55. The minimum Gasteiger partial charge on any atom is -0.427 e. The van der Waals surface area contributed by atoms with E-state index in [1.165, 1.54) is 23.4 Å². The third-order valence-corrected chi connectivity index (χ3v) is 5.74. The fraction of sp³-hybridized carbons (Fsp3) is 0.400. The molecule has 23 heavy (non-hydrogen) atoms. The van der Waals surface area contributed by atoms with Crippen molar-refractivity contribution in [3.63, 3.8) is 0 Å². The molecule has 2 aromatic rings. The van der Waals surface area contributed by atoms with Crippen LogP contribution in [0, 0.1) is 5.41 Å². The van der Waals surface area contributed by atoms with Crippen LogP contribution in [0.25, 0.3) is 10.8 Å². The molecule has 0 aromatic heterocycles. The van der Waals surface area contributed by atoms with E-state index in [1.54, 1.807) is 0 Å². The molecule has 3 nitrogen and oxygen atoms in total. The normalized spacial score (nSPS) is 26.0. The molecule has 0 bridgehead atoms. The van der Waals surface area contributed by atoms with E-state index in [0.717, 1.165) is 24.6 Å². The zero-order valence-corrected chi connectivity index (χ0v) is 13.5. The first-order valence-corrected chi connectivity index (χ1v) is 8.26. The number of rotatable bonds is 1. The lowest BCUT2D eigenvalue weighted by molar-refractivity contribution is -0.132. The Morgan fingerprint density at radius 1 is 1.22 bits per heavy atom. The van der Waals surface area contributed by atoms with Gasteiger partial charge in [0.25, 0.3) is 0 Å². The molecule has 2 aliphatic rings. The van der Waals surface area contributed by atoms with Crippen LogP contribution in [0.4, 0.5) is 0 Å². The first kappa shape index (κ1) is 14.4. The Balaban J connectivity index is 1.83. The number of carbonyl (C=O) groups excluding carboxylic acids is 2. The monoisotopic (exact) mass is 308 g/mol. The fourth-order valence-corrected chi connectivity index (χ4v) is 4.50. The quantitative estimate of drug-likeness (QED) is 0.587. The molecule has 1 saturated carbocycles. The molecule has 0 saturated heterocycles. The van der Waals surface area contributed by atoms with Gasteiger partial charge in [0.1, 0.15) is 11.5 Å². The molecule has 1 fully saturated rings. The topological polar surface area (TPSA) is 43.4 Å². The Hall–Kier alpha value is -2.16. The molecular formula is C20H20O3. The van der Waals surface area contributed by atoms with Gasteiger partial charge in [-0.3, -0.25) is 9.59 Å². The lowest BCUT2D eigenvalue weighted by atomic mass is 9.66. The standard InChI is InChI=1S/C20H20O3/c1-12(21)23-14-4-6-15-13(11-14)3-5-17-16(15)9-10-20(2)18(17)7-8-19(20)22/h3-6,11,18H,7-10H2,1-2H3/t18-,20-/m0/s1. The number of aryl methyl sites for hydroxylation is 1. The van der Waals surface area contributed by atoms with Crippen LogP contribution in [0.1, 0.15) is 50.2 Å². The minimum atomic E-state index is -0.303. The molecule has 0 spiro atoms. The number of Topliss-reactive ketones (excluding diaryl/α,β-unsaturated/α-hetero) is 1. The zero-order valence-electron chi connectivity index (χ0n) is 13.5. The van der Waals surface area contributed by atoms with Crippen molar-refractivity contribution in [3.05, 3.63) is 41.5 Å². The summed E-state index contributed by atoms with van der Waals surface area (Å²) in [6, 6.07) is 10.1. The van der Waals surface area contributed by atoms with Gasteiger partial charge < -0.3 is 4.74 Å². The molecule has 0 aliphatic heterocycles. The highest BCUT2D eigenvalue weighted by Gasteiger charge is 2.49. The van der Waals surface area contributed by atoms with Gasteiger partial charge in [-0.05, 0) is 59.2 Å². The van der Waals surface area contributed by atoms with Gasteiger partial charge in [-0.15, -0.1) is 0 Å². The van der Waals surface area contributed by atoms with E-state index in [9.17, 15) is 9.59 Å². The van der Waals surface area contributed by atoms with Crippen LogP contribution in [0.15, 0.2) is 30.3 Å². The molecule has 0 N–H and O–H groups in total. The van der Waals surface area contributed by atoms with Crippen LogP contribution in [0.5, 0.6) is 5.75 Å². The van der Waals surface area contributed by atoms with Gasteiger partial charge in [-0.2, -0.15) is 0 Å². The van der Waals surface area contributed by atoms with Crippen LogP contribution in [-0.2, 0) is 16.0 Å². The smallest absolute Gasteiger partial charge is 0.308 e. The summed E-state index contributed by atoms with van der Waals surface area (Å²) in [5.74, 6) is 1.07. The van der Waals surface area contributed by atoms with Crippen molar-refractivity contribution < 1.29 is 14.3 Å². The minimum absolute atomic E-state index is 0.168. The second-order valence-electron chi connectivity index (χ2n) is 7.04. The predicted molar refractivity (Wildman–Crippen MR) is 88.7 cm³/mol. The summed E-state index contributed by atoms with van der Waals surface area (Å²) in [4.78, 5) is 23.4. The van der Waals surface area contributed by atoms with E-state index < -0.39 is 0 Å².